The summed E-state index contributed by atoms with van der Waals surface area (Å²) in [6, 6.07) is 8.36. The summed E-state index contributed by atoms with van der Waals surface area (Å²) < 4.78 is 12.0. The summed E-state index contributed by atoms with van der Waals surface area (Å²) in [5, 5.41) is 0. The fraction of sp³-hybridized carbons (Fsp3) is 0.682. The van der Waals surface area contributed by atoms with Gasteiger partial charge >= 0.3 is 5.97 Å². The number of esters is 1. The number of para-hydroxylation sites is 1. The average molecular weight is 344 g/mol. The Hall–Kier alpha value is -1.51. The fourth-order valence-corrected chi connectivity index (χ4v) is 3.75. The largest absolute Gasteiger partial charge is 0.493 e. The Labute approximate surface area is 152 Å². The first kappa shape index (κ1) is 18.3. The normalized spacial score (nSPS) is 23.2. The smallest absolute Gasteiger partial charge is 0.306 e. The number of hydrogen-bond donors (Lipinski definition) is 0. The second-order valence-corrected chi connectivity index (χ2v) is 7.67. The molecule has 25 heavy (non-hydrogen) atoms. The van der Waals surface area contributed by atoms with Gasteiger partial charge in [-0.15, -0.1) is 0 Å². The standard InChI is InChI=1S/C22H32O3/c1-2-3-4-13-22(23)25-21-12-8-6-10-19(21)18-9-5-7-11-20(18)24-16-17-14-15-17/h5,7,9,11,17,19,21H,2-4,6,8,10,12-16H2,1H3/t19-,21+/m0/s1. The molecule has 0 heterocycles. The van der Waals surface area contributed by atoms with Gasteiger partial charge in [-0.3, -0.25) is 4.79 Å². The molecule has 0 unspecified atom stereocenters. The minimum Gasteiger partial charge on any atom is -0.493 e. The Morgan fingerprint density at radius 3 is 2.68 bits per heavy atom. The van der Waals surface area contributed by atoms with E-state index >= 15 is 0 Å². The molecule has 2 aliphatic carbocycles. The number of carbonyl (C=O) groups excluding carboxylic acids is 1. The Balaban J connectivity index is 1.64. The fourth-order valence-electron chi connectivity index (χ4n) is 3.75. The van der Waals surface area contributed by atoms with Crippen LogP contribution in [0.15, 0.2) is 24.3 Å². The van der Waals surface area contributed by atoms with E-state index in [1.807, 2.05) is 6.07 Å². The van der Waals surface area contributed by atoms with Crippen molar-refractivity contribution in [2.75, 3.05) is 6.61 Å². The number of unbranched alkanes of at least 4 members (excludes halogenated alkanes) is 2. The summed E-state index contributed by atoms with van der Waals surface area (Å²) >= 11 is 0. The SMILES string of the molecule is CCCCCC(=O)O[C@@H]1CCCC[C@H]1c1ccccc1OCC1CC1. The van der Waals surface area contributed by atoms with Crippen LogP contribution in [0.5, 0.6) is 5.75 Å². The minimum atomic E-state index is -0.0262. The zero-order valence-electron chi connectivity index (χ0n) is 15.5. The first-order valence-electron chi connectivity index (χ1n) is 10.2. The van der Waals surface area contributed by atoms with E-state index in [0.29, 0.717) is 6.42 Å². The van der Waals surface area contributed by atoms with E-state index < -0.39 is 0 Å². The lowest BCUT2D eigenvalue weighted by molar-refractivity contribution is -0.151. The van der Waals surface area contributed by atoms with Crippen LogP contribution in [0.1, 0.15) is 82.6 Å². The van der Waals surface area contributed by atoms with Crippen LogP contribution in [0, 0.1) is 5.92 Å². The number of hydrogen-bond acceptors (Lipinski definition) is 3. The van der Waals surface area contributed by atoms with Crippen LogP contribution in [0.3, 0.4) is 0 Å². The first-order valence-corrected chi connectivity index (χ1v) is 10.2. The first-order chi connectivity index (χ1) is 12.3. The van der Waals surface area contributed by atoms with Gasteiger partial charge < -0.3 is 9.47 Å². The highest BCUT2D eigenvalue weighted by molar-refractivity contribution is 5.69. The van der Waals surface area contributed by atoms with Crippen molar-refractivity contribution in [1.29, 1.82) is 0 Å². The van der Waals surface area contributed by atoms with Crippen molar-refractivity contribution in [2.24, 2.45) is 5.92 Å². The average Bonchev–Trinajstić information content (AvgIpc) is 3.45. The highest BCUT2D eigenvalue weighted by Crippen LogP contribution is 2.40. The van der Waals surface area contributed by atoms with Crippen LogP contribution in [-0.4, -0.2) is 18.7 Å². The number of rotatable bonds is 9. The van der Waals surface area contributed by atoms with E-state index in [4.69, 9.17) is 9.47 Å². The van der Waals surface area contributed by atoms with Crippen molar-refractivity contribution in [3.8, 4) is 5.75 Å². The molecule has 0 amide bonds. The van der Waals surface area contributed by atoms with Crippen LogP contribution in [0.25, 0.3) is 0 Å². The molecule has 2 atom stereocenters. The van der Waals surface area contributed by atoms with Gasteiger partial charge in [-0.2, -0.15) is 0 Å². The van der Waals surface area contributed by atoms with E-state index in [9.17, 15) is 4.79 Å². The lowest BCUT2D eigenvalue weighted by Crippen LogP contribution is -2.29. The Morgan fingerprint density at radius 2 is 1.88 bits per heavy atom. The highest BCUT2D eigenvalue weighted by atomic mass is 16.5. The molecule has 0 N–H and O–H groups in total. The van der Waals surface area contributed by atoms with E-state index in [-0.39, 0.29) is 18.0 Å². The molecule has 3 rings (SSSR count). The molecule has 2 aliphatic rings. The summed E-state index contributed by atoms with van der Waals surface area (Å²) in [7, 11) is 0. The van der Waals surface area contributed by atoms with Gasteiger partial charge in [-0.1, -0.05) is 44.4 Å². The summed E-state index contributed by atoms with van der Waals surface area (Å²) in [5.74, 6) is 1.99. The third-order valence-electron chi connectivity index (χ3n) is 5.46. The lowest BCUT2D eigenvalue weighted by Gasteiger charge is -2.32. The molecule has 2 fully saturated rings. The van der Waals surface area contributed by atoms with Gasteiger partial charge in [-0.25, -0.2) is 0 Å². The zero-order chi connectivity index (χ0) is 17.5. The minimum absolute atomic E-state index is 0.00792. The lowest BCUT2D eigenvalue weighted by atomic mass is 9.81. The van der Waals surface area contributed by atoms with Gasteiger partial charge in [0.1, 0.15) is 11.9 Å². The van der Waals surface area contributed by atoms with Crippen LogP contribution in [0.4, 0.5) is 0 Å². The molecule has 1 aromatic carbocycles. The monoisotopic (exact) mass is 344 g/mol. The Bertz CT molecular complexity index is 550. The molecule has 138 valence electrons. The topological polar surface area (TPSA) is 35.5 Å². The maximum absolute atomic E-state index is 12.2. The molecule has 2 saturated carbocycles. The molecular weight excluding hydrogens is 312 g/mol. The molecule has 1 aromatic rings. The van der Waals surface area contributed by atoms with Crippen molar-refractivity contribution in [1.82, 2.24) is 0 Å². The van der Waals surface area contributed by atoms with Gasteiger partial charge in [0.2, 0.25) is 0 Å². The van der Waals surface area contributed by atoms with Crippen molar-refractivity contribution >= 4 is 5.97 Å². The van der Waals surface area contributed by atoms with Crippen molar-refractivity contribution in [3.63, 3.8) is 0 Å². The molecule has 0 spiro atoms. The maximum atomic E-state index is 12.2. The molecular formula is C22H32O3. The summed E-state index contributed by atoms with van der Waals surface area (Å²) in [6.07, 6.45) is 10.7. The predicted octanol–water partition coefficient (Wildman–Crippen LogP) is 5.63. The molecule has 0 aromatic heterocycles. The molecule has 0 saturated heterocycles. The summed E-state index contributed by atoms with van der Waals surface area (Å²) in [6.45, 7) is 2.98. The number of benzene rings is 1. The number of ether oxygens (including phenoxy) is 2. The van der Waals surface area contributed by atoms with Gasteiger partial charge in [0.05, 0.1) is 6.61 Å². The van der Waals surface area contributed by atoms with Crippen LogP contribution >= 0.6 is 0 Å². The van der Waals surface area contributed by atoms with Crippen molar-refractivity contribution < 1.29 is 14.3 Å². The van der Waals surface area contributed by atoms with E-state index in [2.05, 4.69) is 25.1 Å². The maximum Gasteiger partial charge on any atom is 0.306 e. The van der Waals surface area contributed by atoms with Crippen LogP contribution < -0.4 is 4.74 Å². The molecule has 0 radical (unpaired) electrons. The van der Waals surface area contributed by atoms with Gasteiger partial charge in [0, 0.05) is 17.9 Å². The van der Waals surface area contributed by atoms with E-state index in [1.54, 1.807) is 0 Å². The van der Waals surface area contributed by atoms with Crippen molar-refractivity contribution in [2.45, 2.75) is 83.2 Å². The Morgan fingerprint density at radius 1 is 1.08 bits per heavy atom. The van der Waals surface area contributed by atoms with Crippen LogP contribution in [0.2, 0.25) is 0 Å². The van der Waals surface area contributed by atoms with E-state index in [0.717, 1.165) is 56.8 Å². The Kier molecular flexibility index (Phi) is 6.77. The zero-order valence-corrected chi connectivity index (χ0v) is 15.5. The van der Waals surface area contributed by atoms with Crippen molar-refractivity contribution in [3.05, 3.63) is 29.8 Å². The molecule has 3 nitrogen and oxygen atoms in total. The molecule has 0 bridgehead atoms. The highest BCUT2D eigenvalue weighted by Gasteiger charge is 2.32. The third kappa shape index (κ3) is 5.49. The van der Waals surface area contributed by atoms with Crippen LogP contribution in [-0.2, 0) is 9.53 Å². The molecule has 3 heteroatoms. The van der Waals surface area contributed by atoms with Gasteiger partial charge in [-0.05, 0) is 50.5 Å². The summed E-state index contributed by atoms with van der Waals surface area (Å²) in [5.41, 5.74) is 1.23. The second-order valence-electron chi connectivity index (χ2n) is 7.67. The van der Waals surface area contributed by atoms with Gasteiger partial charge in [0.25, 0.3) is 0 Å². The second kappa shape index (κ2) is 9.26. The molecule has 0 aliphatic heterocycles. The summed E-state index contributed by atoms with van der Waals surface area (Å²) in [4.78, 5) is 12.2. The van der Waals surface area contributed by atoms with Gasteiger partial charge in [0.15, 0.2) is 0 Å². The quantitative estimate of drug-likeness (QED) is 0.430. The van der Waals surface area contributed by atoms with E-state index in [1.165, 1.54) is 24.8 Å². The third-order valence-corrected chi connectivity index (χ3v) is 5.46. The number of carbonyl (C=O) groups is 1. The predicted molar refractivity (Wildman–Crippen MR) is 99.9 cm³/mol.